The van der Waals surface area contributed by atoms with Crippen molar-refractivity contribution in [1.82, 2.24) is 20.1 Å². The number of urea groups is 1. The predicted molar refractivity (Wildman–Crippen MR) is 134 cm³/mol. The Labute approximate surface area is 205 Å². The molecule has 8 heteroatoms. The zero-order chi connectivity index (χ0) is 24.2. The quantitative estimate of drug-likeness (QED) is 0.510. The molecule has 1 saturated heterocycles. The minimum absolute atomic E-state index is 0.175. The number of nitrogens with zero attached hydrogens (tertiary/aromatic N) is 4. The van der Waals surface area contributed by atoms with Gasteiger partial charge in [0.05, 0.1) is 7.11 Å². The lowest BCUT2D eigenvalue weighted by Gasteiger charge is -2.33. The summed E-state index contributed by atoms with van der Waals surface area (Å²) in [4.78, 5) is 19.0. The smallest absolute Gasteiger partial charge is 0.323 e. The Balaban J connectivity index is 1.19. The standard InChI is InChI=1S/C27H29N5O3/c1-18-17-32(27(33)29-24-9-11-26(34-2)31-30-24)13-12-21(18)14-19-4-3-5-23(15-19)35-25-10-8-22(16-28-25)20-6-7-20/h3-5,8-11,14-16,18,20H,6-7,12-13,17H2,1-2H3,(H,29,30,33). The second-order valence-corrected chi connectivity index (χ2v) is 9.09. The average Bonchev–Trinajstić information content (AvgIpc) is 3.72. The topological polar surface area (TPSA) is 89.5 Å². The van der Waals surface area contributed by atoms with E-state index in [-0.39, 0.29) is 11.9 Å². The van der Waals surface area contributed by atoms with Crippen LogP contribution in [-0.4, -0.2) is 46.3 Å². The third kappa shape index (κ3) is 5.77. The van der Waals surface area contributed by atoms with E-state index in [1.165, 1.54) is 31.1 Å². The van der Waals surface area contributed by atoms with Crippen LogP contribution in [0.4, 0.5) is 10.6 Å². The molecule has 2 aliphatic rings. The van der Waals surface area contributed by atoms with E-state index in [0.29, 0.717) is 36.6 Å². The summed E-state index contributed by atoms with van der Waals surface area (Å²) in [6.07, 6.45) is 7.45. The fourth-order valence-corrected chi connectivity index (χ4v) is 4.25. The Bertz CT molecular complexity index is 1210. The lowest BCUT2D eigenvalue weighted by molar-refractivity contribution is 0.197. The van der Waals surface area contributed by atoms with E-state index in [2.05, 4.69) is 45.6 Å². The van der Waals surface area contributed by atoms with Gasteiger partial charge in [-0.3, -0.25) is 5.32 Å². The van der Waals surface area contributed by atoms with E-state index in [1.54, 1.807) is 12.1 Å². The van der Waals surface area contributed by atoms with Crippen molar-refractivity contribution in [1.29, 1.82) is 0 Å². The maximum Gasteiger partial charge on any atom is 0.323 e. The lowest BCUT2D eigenvalue weighted by Crippen LogP contribution is -2.42. The van der Waals surface area contributed by atoms with Gasteiger partial charge in [0.1, 0.15) is 5.75 Å². The van der Waals surface area contributed by atoms with Crippen LogP contribution in [0, 0.1) is 5.92 Å². The summed E-state index contributed by atoms with van der Waals surface area (Å²) in [5.41, 5.74) is 3.68. The van der Waals surface area contributed by atoms with Gasteiger partial charge in [-0.1, -0.05) is 36.8 Å². The largest absolute Gasteiger partial charge is 0.480 e. The van der Waals surface area contributed by atoms with Gasteiger partial charge in [0.25, 0.3) is 0 Å². The molecule has 1 N–H and O–H groups in total. The molecular formula is C27H29N5O3. The van der Waals surface area contributed by atoms with E-state index in [0.717, 1.165) is 17.7 Å². The molecule has 0 radical (unpaired) electrons. The summed E-state index contributed by atoms with van der Waals surface area (Å²) >= 11 is 0. The molecule has 2 fully saturated rings. The molecule has 5 rings (SSSR count). The zero-order valence-electron chi connectivity index (χ0n) is 20.0. The van der Waals surface area contributed by atoms with Crippen molar-refractivity contribution < 1.29 is 14.3 Å². The molecule has 3 aromatic rings. The monoisotopic (exact) mass is 471 g/mol. The summed E-state index contributed by atoms with van der Waals surface area (Å²) in [6, 6.07) is 15.2. The van der Waals surface area contributed by atoms with Crippen LogP contribution in [0.15, 0.2) is 60.3 Å². The Morgan fingerprint density at radius 1 is 1.11 bits per heavy atom. The first kappa shape index (κ1) is 22.8. The van der Waals surface area contributed by atoms with Crippen molar-refractivity contribution >= 4 is 17.9 Å². The van der Waals surface area contributed by atoms with Crippen LogP contribution in [0.2, 0.25) is 0 Å². The molecule has 8 nitrogen and oxygen atoms in total. The Kier molecular flexibility index (Phi) is 6.61. The first-order valence-electron chi connectivity index (χ1n) is 12.0. The highest BCUT2D eigenvalue weighted by molar-refractivity contribution is 5.88. The summed E-state index contributed by atoms with van der Waals surface area (Å²) in [6.45, 7) is 3.41. The molecule has 2 amide bonds. The second kappa shape index (κ2) is 10.1. The van der Waals surface area contributed by atoms with Crippen LogP contribution >= 0.6 is 0 Å². The molecule has 1 aromatic carbocycles. The average molecular weight is 472 g/mol. The molecule has 0 spiro atoms. The van der Waals surface area contributed by atoms with Gasteiger partial charge in [-0.15, -0.1) is 10.2 Å². The molecule has 1 atom stereocenters. The number of carbonyl (C=O) groups excluding carboxylic acids is 1. The van der Waals surface area contributed by atoms with Gasteiger partial charge in [-0.25, -0.2) is 9.78 Å². The predicted octanol–water partition coefficient (Wildman–Crippen LogP) is 5.51. The molecule has 1 aliphatic carbocycles. The van der Waals surface area contributed by atoms with Crippen LogP contribution in [-0.2, 0) is 0 Å². The lowest BCUT2D eigenvalue weighted by atomic mass is 9.91. The summed E-state index contributed by atoms with van der Waals surface area (Å²) in [7, 11) is 1.52. The molecule has 1 aliphatic heterocycles. The number of hydrogen-bond donors (Lipinski definition) is 1. The minimum atomic E-state index is -0.175. The van der Waals surface area contributed by atoms with Crippen molar-refractivity contribution in [3.05, 3.63) is 71.4 Å². The van der Waals surface area contributed by atoms with E-state index in [4.69, 9.17) is 9.47 Å². The highest BCUT2D eigenvalue weighted by atomic mass is 16.5. The van der Waals surface area contributed by atoms with Gasteiger partial charge in [0.2, 0.25) is 11.8 Å². The molecule has 2 aromatic heterocycles. The van der Waals surface area contributed by atoms with Crippen LogP contribution in [0.25, 0.3) is 6.08 Å². The zero-order valence-corrected chi connectivity index (χ0v) is 20.0. The highest BCUT2D eigenvalue weighted by Gasteiger charge is 2.25. The van der Waals surface area contributed by atoms with Gasteiger partial charge in [-0.2, -0.15) is 0 Å². The number of benzene rings is 1. The normalized spacial score (nSPS) is 18.9. The van der Waals surface area contributed by atoms with E-state index >= 15 is 0 Å². The van der Waals surface area contributed by atoms with E-state index < -0.39 is 0 Å². The van der Waals surface area contributed by atoms with Gasteiger partial charge >= 0.3 is 6.03 Å². The SMILES string of the molecule is COc1ccc(NC(=O)N2CCC(=Cc3cccc(Oc4ccc(C5CC5)cn4)c3)C(C)C2)nn1. The third-order valence-electron chi connectivity index (χ3n) is 6.41. The molecule has 1 saturated carbocycles. The summed E-state index contributed by atoms with van der Waals surface area (Å²) in [5.74, 6) is 3.09. The maximum absolute atomic E-state index is 12.7. The number of piperidine rings is 1. The Morgan fingerprint density at radius 3 is 2.66 bits per heavy atom. The number of rotatable bonds is 6. The number of carbonyl (C=O) groups is 1. The van der Waals surface area contributed by atoms with E-state index in [1.807, 2.05) is 35.4 Å². The van der Waals surface area contributed by atoms with Crippen LogP contribution in [0.1, 0.15) is 43.2 Å². The minimum Gasteiger partial charge on any atom is -0.480 e. The number of hydrogen-bond acceptors (Lipinski definition) is 6. The van der Waals surface area contributed by atoms with Crippen molar-refractivity contribution in [2.75, 3.05) is 25.5 Å². The number of methoxy groups -OCH3 is 1. The second-order valence-electron chi connectivity index (χ2n) is 9.09. The number of likely N-dealkylation sites (tertiary alicyclic amines) is 1. The van der Waals surface area contributed by atoms with Gasteiger partial charge < -0.3 is 14.4 Å². The van der Waals surface area contributed by atoms with Crippen molar-refractivity contribution in [3.63, 3.8) is 0 Å². The van der Waals surface area contributed by atoms with Gasteiger partial charge in [-0.05, 0) is 60.4 Å². The van der Waals surface area contributed by atoms with Crippen LogP contribution in [0.3, 0.4) is 0 Å². The molecule has 35 heavy (non-hydrogen) atoms. The number of pyridine rings is 1. The van der Waals surface area contributed by atoms with Crippen molar-refractivity contribution in [2.24, 2.45) is 5.92 Å². The fraction of sp³-hybridized carbons (Fsp3) is 0.333. The first-order chi connectivity index (χ1) is 17.1. The van der Waals surface area contributed by atoms with Gasteiger partial charge in [0, 0.05) is 31.4 Å². The maximum atomic E-state index is 12.7. The molecule has 3 heterocycles. The molecule has 1 unspecified atom stereocenters. The number of amides is 2. The first-order valence-corrected chi connectivity index (χ1v) is 12.0. The molecule has 180 valence electrons. The Morgan fingerprint density at radius 2 is 1.97 bits per heavy atom. The van der Waals surface area contributed by atoms with Crippen LogP contribution < -0.4 is 14.8 Å². The highest BCUT2D eigenvalue weighted by Crippen LogP contribution is 2.40. The summed E-state index contributed by atoms with van der Waals surface area (Å²) < 4.78 is 11.0. The third-order valence-corrected chi connectivity index (χ3v) is 6.41. The molecule has 0 bridgehead atoms. The summed E-state index contributed by atoms with van der Waals surface area (Å²) in [5, 5.41) is 10.7. The number of anilines is 1. The van der Waals surface area contributed by atoms with Crippen molar-refractivity contribution in [3.8, 4) is 17.5 Å². The number of nitrogens with one attached hydrogen (secondary N) is 1. The number of aromatic nitrogens is 3. The fourth-order valence-electron chi connectivity index (χ4n) is 4.25. The number of ether oxygens (including phenoxy) is 2. The van der Waals surface area contributed by atoms with Crippen LogP contribution in [0.5, 0.6) is 17.5 Å². The van der Waals surface area contributed by atoms with Gasteiger partial charge in [0.15, 0.2) is 5.82 Å². The Hall–Kier alpha value is -3.94. The van der Waals surface area contributed by atoms with Crippen molar-refractivity contribution in [2.45, 2.75) is 32.1 Å². The van der Waals surface area contributed by atoms with E-state index in [9.17, 15) is 4.79 Å². The molecular weight excluding hydrogens is 442 g/mol.